The molecule has 1 aromatic heterocycles. The number of hydrogen-bond donors (Lipinski definition) is 3. The summed E-state index contributed by atoms with van der Waals surface area (Å²) in [6.07, 6.45) is 0. The number of anilines is 1. The van der Waals surface area contributed by atoms with Gasteiger partial charge >= 0.3 is 0 Å². The highest BCUT2D eigenvalue weighted by atomic mass is 32.2. The van der Waals surface area contributed by atoms with Crippen LogP contribution in [0.4, 0.5) is 5.82 Å². The van der Waals surface area contributed by atoms with E-state index in [9.17, 15) is 13.2 Å². The number of carbonyl (C=O) groups is 1. The predicted octanol–water partition coefficient (Wildman–Crippen LogP) is 1.95. The first-order valence-corrected chi connectivity index (χ1v) is 11.1. The molecule has 4 rings (SSSR count). The molecule has 10 heteroatoms. The van der Waals surface area contributed by atoms with Gasteiger partial charge in [0, 0.05) is 29.6 Å². The fourth-order valence-corrected chi connectivity index (χ4v) is 5.33. The van der Waals surface area contributed by atoms with Crippen molar-refractivity contribution in [3.8, 4) is 0 Å². The van der Waals surface area contributed by atoms with Crippen LogP contribution in [0.5, 0.6) is 0 Å². The summed E-state index contributed by atoms with van der Waals surface area (Å²) >= 11 is 1.39. The number of hydrogen-bond acceptors (Lipinski definition) is 6. The average molecular weight is 430 g/mol. The van der Waals surface area contributed by atoms with E-state index < -0.39 is 10.0 Å². The Labute approximate surface area is 172 Å². The summed E-state index contributed by atoms with van der Waals surface area (Å²) in [5, 5.41) is 10.3. The monoisotopic (exact) mass is 429 g/mol. The van der Waals surface area contributed by atoms with Gasteiger partial charge in [-0.1, -0.05) is 36.0 Å². The van der Waals surface area contributed by atoms with E-state index >= 15 is 0 Å². The van der Waals surface area contributed by atoms with E-state index in [1.54, 1.807) is 54.6 Å². The molecule has 2 aromatic carbocycles. The summed E-state index contributed by atoms with van der Waals surface area (Å²) < 4.78 is 26.4. The van der Waals surface area contributed by atoms with Gasteiger partial charge in [-0.3, -0.25) is 9.89 Å². The number of nitrogens with two attached hydrogens (primary N) is 1. The summed E-state index contributed by atoms with van der Waals surface area (Å²) in [5.41, 5.74) is 6.13. The highest BCUT2D eigenvalue weighted by Gasteiger charge is 2.37. The molecule has 0 unspecified atom stereocenters. The van der Waals surface area contributed by atoms with Crippen molar-refractivity contribution in [2.75, 3.05) is 18.8 Å². The Balaban J connectivity index is 1.36. The third kappa shape index (κ3) is 4.29. The first-order chi connectivity index (χ1) is 13.9. The molecule has 1 amide bonds. The summed E-state index contributed by atoms with van der Waals surface area (Å²) in [5.74, 6) is 0.233. The Morgan fingerprint density at radius 3 is 2.59 bits per heavy atom. The van der Waals surface area contributed by atoms with Crippen molar-refractivity contribution in [2.24, 2.45) is 0 Å². The second kappa shape index (κ2) is 7.90. The zero-order valence-electron chi connectivity index (χ0n) is 15.3. The molecule has 2 heterocycles. The van der Waals surface area contributed by atoms with Crippen LogP contribution in [0.1, 0.15) is 10.4 Å². The maximum atomic E-state index is 12.6. The number of H-pyrrole nitrogens is 1. The number of nitrogen functional groups attached to an aromatic ring is 1. The van der Waals surface area contributed by atoms with Gasteiger partial charge in [0.15, 0.2) is 0 Å². The maximum absolute atomic E-state index is 12.6. The van der Waals surface area contributed by atoms with Gasteiger partial charge in [-0.05, 0) is 30.3 Å². The van der Waals surface area contributed by atoms with Crippen LogP contribution >= 0.6 is 11.8 Å². The van der Waals surface area contributed by atoms with Crippen LogP contribution in [0, 0.1) is 0 Å². The zero-order valence-corrected chi connectivity index (χ0v) is 16.9. The van der Waals surface area contributed by atoms with E-state index in [4.69, 9.17) is 5.73 Å². The highest BCUT2D eigenvalue weighted by Crippen LogP contribution is 2.27. The van der Waals surface area contributed by atoms with Crippen molar-refractivity contribution in [2.45, 2.75) is 20.9 Å². The Morgan fingerprint density at radius 2 is 1.90 bits per heavy atom. The lowest BCUT2D eigenvalue weighted by Gasteiger charge is -2.38. The molecule has 0 aliphatic carbocycles. The quantitative estimate of drug-likeness (QED) is 0.551. The molecule has 0 saturated carbocycles. The molecule has 0 radical (unpaired) electrons. The van der Waals surface area contributed by atoms with Crippen LogP contribution in [-0.4, -0.2) is 48.0 Å². The molecule has 0 bridgehead atoms. The average Bonchev–Trinajstić information content (AvgIpc) is 3.09. The lowest BCUT2D eigenvalue weighted by molar-refractivity contribution is 0.0895. The molecule has 1 aliphatic heterocycles. The molecular formula is C19H19N5O3S2. The molecule has 0 atom stereocenters. The van der Waals surface area contributed by atoms with E-state index in [2.05, 4.69) is 15.5 Å². The van der Waals surface area contributed by atoms with Gasteiger partial charge in [0.2, 0.25) is 10.0 Å². The van der Waals surface area contributed by atoms with Gasteiger partial charge < -0.3 is 11.1 Å². The number of nitrogens with one attached hydrogen (secondary N) is 2. The second-order valence-corrected chi connectivity index (χ2v) is 9.63. The number of aromatic nitrogens is 2. The standard InChI is InChI=1S/C19H19N5O3S2/c20-17-10-18(23-22-17)28-15-6-4-5-13(9-15)19(25)21-14-11-24(12-14)29(26,27)16-7-2-1-3-8-16/h1-10,14H,11-12H2,(H,21,25)(H3,20,22,23). The molecule has 1 fully saturated rings. The third-order valence-electron chi connectivity index (χ3n) is 4.46. The van der Waals surface area contributed by atoms with E-state index in [-0.39, 0.29) is 29.9 Å². The topological polar surface area (TPSA) is 121 Å². The predicted molar refractivity (Wildman–Crippen MR) is 110 cm³/mol. The van der Waals surface area contributed by atoms with Crippen molar-refractivity contribution >= 4 is 33.5 Å². The minimum absolute atomic E-state index is 0.219. The number of aromatic amines is 1. The van der Waals surface area contributed by atoms with E-state index in [0.29, 0.717) is 16.4 Å². The number of nitrogens with zero attached hydrogens (tertiary/aromatic N) is 2. The number of rotatable bonds is 6. The molecule has 29 heavy (non-hydrogen) atoms. The molecule has 1 saturated heterocycles. The van der Waals surface area contributed by atoms with Crippen molar-refractivity contribution in [3.05, 3.63) is 66.2 Å². The van der Waals surface area contributed by atoms with Crippen LogP contribution in [0.15, 0.2) is 75.5 Å². The van der Waals surface area contributed by atoms with Gasteiger partial charge in [0.1, 0.15) is 10.8 Å². The lowest BCUT2D eigenvalue weighted by atomic mass is 10.1. The summed E-state index contributed by atoms with van der Waals surface area (Å²) in [6, 6.07) is 16.9. The van der Waals surface area contributed by atoms with E-state index in [1.807, 2.05) is 6.07 Å². The molecule has 1 aliphatic rings. The Bertz CT molecular complexity index is 1130. The minimum atomic E-state index is -3.52. The Hall–Kier alpha value is -2.82. The SMILES string of the molecule is Nc1cc(Sc2cccc(C(=O)NC3CN(S(=O)(=O)c4ccccc4)C3)c2)n[nH]1. The number of benzene rings is 2. The number of amides is 1. The summed E-state index contributed by atoms with van der Waals surface area (Å²) in [4.78, 5) is 13.7. The fourth-order valence-electron chi connectivity index (χ4n) is 2.93. The summed E-state index contributed by atoms with van der Waals surface area (Å²) in [7, 11) is -3.52. The first-order valence-electron chi connectivity index (χ1n) is 8.87. The third-order valence-corrected chi connectivity index (χ3v) is 7.21. The Morgan fingerprint density at radius 1 is 1.14 bits per heavy atom. The Kier molecular flexibility index (Phi) is 5.31. The highest BCUT2D eigenvalue weighted by molar-refractivity contribution is 7.99. The van der Waals surface area contributed by atoms with E-state index in [0.717, 1.165) is 4.90 Å². The first kappa shape index (κ1) is 19.5. The van der Waals surface area contributed by atoms with Crippen LogP contribution < -0.4 is 11.1 Å². The minimum Gasteiger partial charge on any atom is -0.384 e. The normalized spacial score (nSPS) is 15.0. The lowest BCUT2D eigenvalue weighted by Crippen LogP contribution is -2.60. The van der Waals surface area contributed by atoms with Crippen molar-refractivity contribution in [1.82, 2.24) is 19.8 Å². The fraction of sp³-hybridized carbons (Fsp3) is 0.158. The van der Waals surface area contributed by atoms with Crippen molar-refractivity contribution in [1.29, 1.82) is 0 Å². The smallest absolute Gasteiger partial charge is 0.251 e. The van der Waals surface area contributed by atoms with Crippen molar-refractivity contribution < 1.29 is 13.2 Å². The van der Waals surface area contributed by atoms with Crippen LogP contribution in [0.3, 0.4) is 0 Å². The van der Waals surface area contributed by atoms with E-state index in [1.165, 1.54) is 16.1 Å². The molecule has 8 nitrogen and oxygen atoms in total. The number of carbonyl (C=O) groups excluding carboxylic acids is 1. The van der Waals surface area contributed by atoms with Gasteiger partial charge in [-0.2, -0.15) is 9.40 Å². The van der Waals surface area contributed by atoms with Crippen LogP contribution in [0.25, 0.3) is 0 Å². The molecule has 4 N–H and O–H groups in total. The van der Waals surface area contributed by atoms with Gasteiger partial charge in [0.25, 0.3) is 5.91 Å². The zero-order chi connectivity index (χ0) is 20.4. The molecule has 0 spiro atoms. The largest absolute Gasteiger partial charge is 0.384 e. The van der Waals surface area contributed by atoms with Gasteiger partial charge in [-0.25, -0.2) is 8.42 Å². The second-order valence-electron chi connectivity index (χ2n) is 6.60. The van der Waals surface area contributed by atoms with Crippen LogP contribution in [-0.2, 0) is 10.0 Å². The molecular weight excluding hydrogens is 410 g/mol. The van der Waals surface area contributed by atoms with Gasteiger partial charge in [-0.15, -0.1) is 0 Å². The number of sulfonamides is 1. The summed E-state index contributed by atoms with van der Waals surface area (Å²) in [6.45, 7) is 0.508. The maximum Gasteiger partial charge on any atom is 0.251 e. The van der Waals surface area contributed by atoms with Crippen LogP contribution in [0.2, 0.25) is 0 Å². The van der Waals surface area contributed by atoms with Gasteiger partial charge in [0.05, 0.1) is 10.9 Å². The molecule has 150 valence electrons. The van der Waals surface area contributed by atoms with Crippen molar-refractivity contribution in [3.63, 3.8) is 0 Å². The molecule has 3 aromatic rings.